The molecular formula is C15H21N3. The van der Waals surface area contributed by atoms with Crippen molar-refractivity contribution in [3.05, 3.63) is 29.8 Å². The van der Waals surface area contributed by atoms with Gasteiger partial charge >= 0.3 is 0 Å². The van der Waals surface area contributed by atoms with E-state index in [1.807, 2.05) is 24.3 Å². The van der Waals surface area contributed by atoms with E-state index in [2.05, 4.69) is 11.4 Å². The maximum Gasteiger partial charge on any atom is 0.0991 e. The normalized spacial score (nSPS) is 18.0. The Morgan fingerprint density at radius 3 is 2.44 bits per heavy atom. The molecule has 0 saturated heterocycles. The van der Waals surface area contributed by atoms with Crippen LogP contribution in [-0.4, -0.2) is 12.6 Å². The van der Waals surface area contributed by atoms with Crippen LogP contribution in [-0.2, 0) is 0 Å². The molecule has 18 heavy (non-hydrogen) atoms. The number of hydrogen-bond acceptors (Lipinski definition) is 3. The molecule has 0 radical (unpaired) electrons. The molecule has 1 aromatic rings. The zero-order valence-corrected chi connectivity index (χ0v) is 10.7. The molecule has 0 amide bonds. The molecule has 1 saturated carbocycles. The summed E-state index contributed by atoms with van der Waals surface area (Å²) in [6.07, 6.45) is 6.59. The second kappa shape index (κ2) is 6.42. The molecule has 3 N–H and O–H groups in total. The van der Waals surface area contributed by atoms with Gasteiger partial charge in [0.1, 0.15) is 0 Å². The summed E-state index contributed by atoms with van der Waals surface area (Å²) in [5, 5.41) is 12.3. The molecule has 1 aromatic carbocycles. The minimum absolute atomic E-state index is 0.359. The molecule has 1 aliphatic carbocycles. The average Bonchev–Trinajstić information content (AvgIpc) is 2.46. The van der Waals surface area contributed by atoms with E-state index in [4.69, 9.17) is 11.0 Å². The Morgan fingerprint density at radius 2 is 1.89 bits per heavy atom. The van der Waals surface area contributed by atoms with Crippen LogP contribution in [0, 0.1) is 17.2 Å². The number of nitrogens with one attached hydrogen (secondary N) is 1. The Bertz CT molecular complexity index is 399. The fraction of sp³-hybridized carbons (Fsp3) is 0.533. The highest BCUT2D eigenvalue weighted by molar-refractivity contribution is 5.48. The van der Waals surface area contributed by atoms with Crippen molar-refractivity contribution in [2.24, 2.45) is 11.7 Å². The van der Waals surface area contributed by atoms with Gasteiger partial charge in [-0.2, -0.15) is 5.26 Å². The fourth-order valence-corrected chi connectivity index (χ4v) is 2.76. The summed E-state index contributed by atoms with van der Waals surface area (Å²) in [7, 11) is 0. The Hall–Kier alpha value is -1.53. The van der Waals surface area contributed by atoms with Gasteiger partial charge in [0.2, 0.25) is 0 Å². The van der Waals surface area contributed by atoms with Crippen LogP contribution < -0.4 is 11.1 Å². The molecule has 0 bridgehead atoms. The van der Waals surface area contributed by atoms with Crippen molar-refractivity contribution in [2.75, 3.05) is 11.9 Å². The van der Waals surface area contributed by atoms with Crippen LogP contribution in [0.2, 0.25) is 0 Å². The Morgan fingerprint density at radius 1 is 1.22 bits per heavy atom. The van der Waals surface area contributed by atoms with Crippen molar-refractivity contribution >= 4 is 5.69 Å². The summed E-state index contributed by atoms with van der Waals surface area (Å²) in [6.45, 7) is 0.671. The first-order valence-electron chi connectivity index (χ1n) is 6.80. The van der Waals surface area contributed by atoms with Gasteiger partial charge in [0, 0.05) is 18.3 Å². The van der Waals surface area contributed by atoms with Gasteiger partial charge in [-0.3, -0.25) is 0 Å². The number of anilines is 1. The van der Waals surface area contributed by atoms with Gasteiger partial charge in [-0.15, -0.1) is 0 Å². The molecule has 2 rings (SSSR count). The van der Waals surface area contributed by atoms with Gasteiger partial charge in [0.25, 0.3) is 0 Å². The lowest BCUT2D eigenvalue weighted by Crippen LogP contribution is -2.37. The molecule has 3 heteroatoms. The number of nitrogens with two attached hydrogens (primary N) is 1. The summed E-state index contributed by atoms with van der Waals surface area (Å²) >= 11 is 0. The third-order valence-electron chi connectivity index (χ3n) is 3.84. The SMILES string of the molecule is N#Cc1ccc(NC(CN)C2CCCCC2)cc1. The quantitative estimate of drug-likeness (QED) is 0.854. The highest BCUT2D eigenvalue weighted by Crippen LogP contribution is 2.27. The lowest BCUT2D eigenvalue weighted by atomic mass is 9.84. The highest BCUT2D eigenvalue weighted by Gasteiger charge is 2.22. The Labute approximate surface area is 109 Å². The van der Waals surface area contributed by atoms with E-state index in [9.17, 15) is 0 Å². The highest BCUT2D eigenvalue weighted by atomic mass is 14.9. The predicted molar refractivity (Wildman–Crippen MR) is 74.2 cm³/mol. The maximum atomic E-state index is 8.77. The third-order valence-corrected chi connectivity index (χ3v) is 3.84. The van der Waals surface area contributed by atoms with Crippen molar-refractivity contribution in [1.29, 1.82) is 5.26 Å². The number of rotatable bonds is 4. The van der Waals surface area contributed by atoms with E-state index in [1.54, 1.807) is 0 Å². The minimum Gasteiger partial charge on any atom is -0.381 e. The van der Waals surface area contributed by atoms with E-state index < -0.39 is 0 Å². The molecule has 96 valence electrons. The van der Waals surface area contributed by atoms with Crippen LogP contribution in [0.25, 0.3) is 0 Å². The number of benzene rings is 1. The first-order valence-corrected chi connectivity index (χ1v) is 6.80. The number of nitrogens with zero attached hydrogens (tertiary/aromatic N) is 1. The van der Waals surface area contributed by atoms with Crippen LogP contribution in [0.1, 0.15) is 37.7 Å². The molecular weight excluding hydrogens is 222 g/mol. The van der Waals surface area contributed by atoms with Gasteiger partial charge in [-0.05, 0) is 43.0 Å². The topological polar surface area (TPSA) is 61.8 Å². The smallest absolute Gasteiger partial charge is 0.0991 e. The summed E-state index contributed by atoms with van der Waals surface area (Å²) in [5.41, 5.74) is 7.65. The molecule has 0 spiro atoms. The summed E-state index contributed by atoms with van der Waals surface area (Å²) in [4.78, 5) is 0. The monoisotopic (exact) mass is 243 g/mol. The minimum atomic E-state index is 0.359. The van der Waals surface area contributed by atoms with Crippen LogP contribution in [0.15, 0.2) is 24.3 Å². The van der Waals surface area contributed by atoms with Crippen molar-refractivity contribution in [2.45, 2.75) is 38.1 Å². The summed E-state index contributed by atoms with van der Waals surface area (Å²) in [5.74, 6) is 0.694. The fourth-order valence-electron chi connectivity index (χ4n) is 2.76. The summed E-state index contributed by atoms with van der Waals surface area (Å²) in [6, 6.07) is 10.1. The van der Waals surface area contributed by atoms with E-state index >= 15 is 0 Å². The van der Waals surface area contributed by atoms with E-state index in [1.165, 1.54) is 32.1 Å². The Kier molecular flexibility index (Phi) is 4.60. The number of hydrogen-bond donors (Lipinski definition) is 2. The maximum absolute atomic E-state index is 8.77. The van der Waals surface area contributed by atoms with Gasteiger partial charge in [0.15, 0.2) is 0 Å². The largest absolute Gasteiger partial charge is 0.381 e. The molecule has 1 unspecified atom stereocenters. The van der Waals surface area contributed by atoms with Gasteiger partial charge in [-0.1, -0.05) is 19.3 Å². The molecule has 3 nitrogen and oxygen atoms in total. The van der Waals surface area contributed by atoms with E-state index in [0.717, 1.165) is 5.69 Å². The molecule has 1 aliphatic rings. The first kappa shape index (κ1) is 12.9. The van der Waals surface area contributed by atoms with Crippen molar-refractivity contribution in [1.82, 2.24) is 0 Å². The van der Waals surface area contributed by atoms with Crippen LogP contribution >= 0.6 is 0 Å². The number of nitriles is 1. The first-order chi connectivity index (χ1) is 8.83. The van der Waals surface area contributed by atoms with Crippen LogP contribution in [0.3, 0.4) is 0 Å². The molecule has 0 heterocycles. The average molecular weight is 243 g/mol. The van der Waals surface area contributed by atoms with Gasteiger partial charge < -0.3 is 11.1 Å². The van der Waals surface area contributed by atoms with Crippen LogP contribution in [0.4, 0.5) is 5.69 Å². The lowest BCUT2D eigenvalue weighted by Gasteiger charge is -2.30. The molecule has 1 fully saturated rings. The zero-order chi connectivity index (χ0) is 12.8. The molecule has 1 atom stereocenters. The molecule has 0 aromatic heterocycles. The predicted octanol–water partition coefficient (Wildman–Crippen LogP) is 2.88. The van der Waals surface area contributed by atoms with Crippen molar-refractivity contribution in [3.8, 4) is 6.07 Å². The van der Waals surface area contributed by atoms with Gasteiger partial charge in [0.05, 0.1) is 11.6 Å². The zero-order valence-electron chi connectivity index (χ0n) is 10.7. The second-order valence-electron chi connectivity index (χ2n) is 5.07. The second-order valence-corrected chi connectivity index (χ2v) is 5.07. The van der Waals surface area contributed by atoms with E-state index in [-0.39, 0.29) is 0 Å². The molecule has 0 aliphatic heterocycles. The van der Waals surface area contributed by atoms with Crippen molar-refractivity contribution < 1.29 is 0 Å². The third kappa shape index (κ3) is 3.24. The van der Waals surface area contributed by atoms with E-state index in [0.29, 0.717) is 24.1 Å². The van der Waals surface area contributed by atoms with Crippen LogP contribution in [0.5, 0.6) is 0 Å². The van der Waals surface area contributed by atoms with Crippen molar-refractivity contribution in [3.63, 3.8) is 0 Å². The summed E-state index contributed by atoms with van der Waals surface area (Å²) < 4.78 is 0. The lowest BCUT2D eigenvalue weighted by molar-refractivity contribution is 0.320. The standard InChI is InChI=1S/C15H21N3/c16-10-12-6-8-14(9-7-12)18-15(11-17)13-4-2-1-3-5-13/h6-9,13,15,18H,1-5,11,17H2. The Balaban J connectivity index is 1.98. The van der Waals surface area contributed by atoms with Gasteiger partial charge in [-0.25, -0.2) is 0 Å².